The van der Waals surface area contributed by atoms with Crippen LogP contribution in [-0.4, -0.2) is 10.4 Å². The molecule has 2 nitrogen and oxygen atoms in total. The Morgan fingerprint density at radius 3 is 2.81 bits per heavy atom. The van der Waals surface area contributed by atoms with Crippen molar-refractivity contribution in [3.8, 4) is 0 Å². The SMILES string of the molecule is CC(CCl)Cn1ccc(=O)c2ccccc21. The maximum Gasteiger partial charge on any atom is 0.189 e. The fourth-order valence-electron chi connectivity index (χ4n) is 1.80. The van der Waals surface area contributed by atoms with E-state index >= 15 is 0 Å². The maximum absolute atomic E-state index is 11.6. The van der Waals surface area contributed by atoms with Crippen LogP contribution in [0.2, 0.25) is 0 Å². The number of nitrogens with zero attached hydrogens (tertiary/aromatic N) is 1. The van der Waals surface area contributed by atoms with E-state index in [9.17, 15) is 4.79 Å². The van der Waals surface area contributed by atoms with Crippen LogP contribution in [0.25, 0.3) is 10.9 Å². The summed E-state index contributed by atoms with van der Waals surface area (Å²) in [4.78, 5) is 11.6. The van der Waals surface area contributed by atoms with Crippen LogP contribution in [0.5, 0.6) is 0 Å². The van der Waals surface area contributed by atoms with Crippen LogP contribution < -0.4 is 5.43 Å². The Labute approximate surface area is 99.5 Å². The molecule has 0 aliphatic carbocycles. The first-order chi connectivity index (χ1) is 7.72. The van der Waals surface area contributed by atoms with Gasteiger partial charge in [-0.3, -0.25) is 4.79 Å². The van der Waals surface area contributed by atoms with Crippen molar-refractivity contribution in [3.63, 3.8) is 0 Å². The molecule has 84 valence electrons. The second-order valence-electron chi connectivity index (χ2n) is 4.11. The summed E-state index contributed by atoms with van der Waals surface area (Å²) in [6.07, 6.45) is 1.84. The average Bonchev–Trinajstić information content (AvgIpc) is 2.33. The fraction of sp³-hybridized carbons (Fsp3) is 0.308. The molecule has 16 heavy (non-hydrogen) atoms. The van der Waals surface area contributed by atoms with E-state index < -0.39 is 0 Å². The lowest BCUT2D eigenvalue weighted by atomic mass is 10.1. The van der Waals surface area contributed by atoms with Crippen molar-refractivity contribution in [1.82, 2.24) is 4.57 Å². The summed E-state index contributed by atoms with van der Waals surface area (Å²) >= 11 is 5.81. The highest BCUT2D eigenvalue weighted by Gasteiger charge is 2.05. The van der Waals surface area contributed by atoms with Crippen LogP contribution in [0, 0.1) is 5.92 Å². The summed E-state index contributed by atoms with van der Waals surface area (Å²) in [6.45, 7) is 2.93. The minimum absolute atomic E-state index is 0.0744. The standard InChI is InChI=1S/C13H14ClNO/c1-10(8-14)9-15-7-6-13(16)11-4-2-3-5-12(11)15/h2-7,10H,8-9H2,1H3. The highest BCUT2D eigenvalue weighted by molar-refractivity contribution is 6.18. The lowest BCUT2D eigenvalue weighted by molar-refractivity contribution is 0.538. The molecule has 0 aliphatic heterocycles. The zero-order chi connectivity index (χ0) is 11.5. The average molecular weight is 236 g/mol. The second kappa shape index (κ2) is 4.71. The molecule has 0 saturated carbocycles. The van der Waals surface area contributed by atoms with Gasteiger partial charge in [-0.15, -0.1) is 11.6 Å². The molecule has 1 atom stereocenters. The van der Waals surface area contributed by atoms with Crippen LogP contribution in [0.1, 0.15) is 6.92 Å². The van der Waals surface area contributed by atoms with Crippen LogP contribution >= 0.6 is 11.6 Å². The van der Waals surface area contributed by atoms with Crippen molar-refractivity contribution in [2.24, 2.45) is 5.92 Å². The van der Waals surface area contributed by atoms with E-state index in [1.54, 1.807) is 6.07 Å². The van der Waals surface area contributed by atoms with Gasteiger partial charge in [0, 0.05) is 30.1 Å². The molecule has 1 aromatic carbocycles. The number of fused-ring (bicyclic) bond motifs is 1. The van der Waals surface area contributed by atoms with Gasteiger partial charge in [-0.2, -0.15) is 0 Å². The summed E-state index contributed by atoms with van der Waals surface area (Å²) in [7, 11) is 0. The molecule has 0 bridgehead atoms. The van der Waals surface area contributed by atoms with Gasteiger partial charge >= 0.3 is 0 Å². The third-order valence-corrected chi connectivity index (χ3v) is 3.18. The topological polar surface area (TPSA) is 22.0 Å². The number of aromatic nitrogens is 1. The van der Waals surface area contributed by atoms with Gasteiger partial charge < -0.3 is 4.57 Å². The van der Waals surface area contributed by atoms with Gasteiger partial charge in [-0.1, -0.05) is 19.1 Å². The first kappa shape index (κ1) is 11.2. The van der Waals surface area contributed by atoms with Gasteiger partial charge in [0.25, 0.3) is 0 Å². The Balaban J connectivity index is 2.54. The zero-order valence-electron chi connectivity index (χ0n) is 9.19. The molecule has 0 saturated heterocycles. The number of para-hydroxylation sites is 1. The highest BCUT2D eigenvalue weighted by Crippen LogP contribution is 2.12. The minimum Gasteiger partial charge on any atom is -0.347 e. The molecule has 1 heterocycles. The van der Waals surface area contributed by atoms with E-state index in [0.29, 0.717) is 11.8 Å². The smallest absolute Gasteiger partial charge is 0.189 e. The van der Waals surface area contributed by atoms with Gasteiger partial charge in [-0.05, 0) is 18.1 Å². The normalized spacial score (nSPS) is 12.9. The number of hydrogen-bond donors (Lipinski definition) is 0. The van der Waals surface area contributed by atoms with E-state index in [4.69, 9.17) is 11.6 Å². The lowest BCUT2D eigenvalue weighted by Gasteiger charge is -2.13. The number of benzene rings is 1. The molecule has 1 unspecified atom stereocenters. The van der Waals surface area contributed by atoms with E-state index in [1.807, 2.05) is 30.5 Å². The van der Waals surface area contributed by atoms with Crippen molar-refractivity contribution in [2.45, 2.75) is 13.5 Å². The Hall–Kier alpha value is -1.28. The predicted molar refractivity (Wildman–Crippen MR) is 68.1 cm³/mol. The largest absolute Gasteiger partial charge is 0.347 e. The van der Waals surface area contributed by atoms with Crippen LogP contribution in [-0.2, 0) is 6.54 Å². The highest BCUT2D eigenvalue weighted by atomic mass is 35.5. The molecule has 0 fully saturated rings. The minimum atomic E-state index is 0.0744. The van der Waals surface area contributed by atoms with Crippen LogP contribution in [0.15, 0.2) is 41.3 Å². The molecule has 3 heteroatoms. The Morgan fingerprint density at radius 2 is 2.06 bits per heavy atom. The number of rotatable bonds is 3. The molecular weight excluding hydrogens is 222 g/mol. The van der Waals surface area contributed by atoms with Gasteiger partial charge in [0.2, 0.25) is 0 Å². The van der Waals surface area contributed by atoms with Crippen LogP contribution in [0.4, 0.5) is 0 Å². The number of pyridine rings is 1. The summed E-state index contributed by atoms with van der Waals surface area (Å²) in [5.41, 5.74) is 1.05. The maximum atomic E-state index is 11.6. The van der Waals surface area contributed by atoms with Crippen LogP contribution in [0.3, 0.4) is 0 Å². The van der Waals surface area contributed by atoms with Gasteiger partial charge in [-0.25, -0.2) is 0 Å². The van der Waals surface area contributed by atoms with Crippen molar-refractivity contribution in [1.29, 1.82) is 0 Å². The summed E-state index contributed by atoms with van der Waals surface area (Å²) < 4.78 is 2.09. The van der Waals surface area contributed by atoms with Crippen molar-refractivity contribution in [3.05, 3.63) is 46.8 Å². The number of hydrogen-bond acceptors (Lipinski definition) is 1. The van der Waals surface area contributed by atoms with Crippen molar-refractivity contribution >= 4 is 22.5 Å². The summed E-state index contributed by atoms with van der Waals surface area (Å²) in [6, 6.07) is 9.28. The molecule has 0 spiro atoms. The van der Waals surface area contributed by atoms with E-state index in [-0.39, 0.29) is 5.43 Å². The third-order valence-electron chi connectivity index (χ3n) is 2.66. The second-order valence-corrected chi connectivity index (χ2v) is 4.42. The number of halogens is 1. The van der Waals surface area contributed by atoms with Gasteiger partial charge in [0.1, 0.15) is 0 Å². The molecule has 1 aromatic heterocycles. The van der Waals surface area contributed by atoms with Gasteiger partial charge in [0.15, 0.2) is 5.43 Å². The monoisotopic (exact) mass is 235 g/mol. The molecule has 2 aromatic rings. The summed E-state index contributed by atoms with van der Waals surface area (Å²) in [5, 5.41) is 0.770. The van der Waals surface area contributed by atoms with Crippen molar-refractivity contribution in [2.75, 3.05) is 5.88 Å². The third kappa shape index (κ3) is 2.12. The zero-order valence-corrected chi connectivity index (χ0v) is 9.95. The Morgan fingerprint density at radius 1 is 1.31 bits per heavy atom. The summed E-state index contributed by atoms with van der Waals surface area (Å²) in [5.74, 6) is 1.02. The molecule has 0 aliphatic rings. The van der Waals surface area contributed by atoms with E-state index in [0.717, 1.165) is 17.4 Å². The van der Waals surface area contributed by atoms with Gasteiger partial charge in [0.05, 0.1) is 5.52 Å². The Kier molecular flexibility index (Phi) is 3.30. The lowest BCUT2D eigenvalue weighted by Crippen LogP contribution is -2.13. The quantitative estimate of drug-likeness (QED) is 0.750. The first-order valence-corrected chi connectivity index (χ1v) is 5.90. The number of alkyl halides is 1. The Bertz CT molecular complexity index is 547. The molecule has 0 radical (unpaired) electrons. The van der Waals surface area contributed by atoms with Crippen molar-refractivity contribution < 1.29 is 0 Å². The molecular formula is C13H14ClNO. The predicted octanol–water partition coefficient (Wildman–Crippen LogP) is 2.88. The first-order valence-electron chi connectivity index (χ1n) is 5.36. The molecule has 0 amide bonds. The molecule has 2 rings (SSSR count). The molecule has 0 N–H and O–H groups in total. The van der Waals surface area contributed by atoms with E-state index in [1.165, 1.54) is 0 Å². The fourth-order valence-corrected chi connectivity index (χ4v) is 1.90. The van der Waals surface area contributed by atoms with E-state index in [2.05, 4.69) is 11.5 Å².